The molecule has 2 rings (SSSR count). The lowest BCUT2D eigenvalue weighted by atomic mass is 9.93. The minimum atomic E-state index is -1.02. The normalized spacial score (nSPS) is 17.1. The maximum Gasteiger partial charge on any atom is 0.323 e. The number of hydrogen-bond donors (Lipinski definition) is 2. The molecule has 1 unspecified atom stereocenters. The number of carboxylic acids is 1. The third kappa shape index (κ3) is 3.80. The van der Waals surface area contributed by atoms with Crippen LogP contribution in [0.4, 0.5) is 0 Å². The number of carboxylic acid groups (broad SMARTS) is 1. The molecule has 114 valence electrons. The highest BCUT2D eigenvalue weighted by atomic mass is 16.5. The summed E-state index contributed by atoms with van der Waals surface area (Å²) < 4.78 is 4.95. The summed E-state index contributed by atoms with van der Waals surface area (Å²) in [6, 6.07) is 7.28. The van der Waals surface area contributed by atoms with Gasteiger partial charge in [0.05, 0.1) is 6.61 Å². The summed E-state index contributed by atoms with van der Waals surface area (Å²) in [6.45, 7) is 0.969. The summed E-state index contributed by atoms with van der Waals surface area (Å²) in [7, 11) is 1.53. The molecule has 0 saturated heterocycles. The first-order valence-electron chi connectivity index (χ1n) is 6.94. The highest BCUT2D eigenvalue weighted by molar-refractivity contribution is 5.87. The standard InChI is InChI=1S/C15H20N2O4/c1-21-9-8-17(10-13(18)19)15(20)14-12-5-3-2-4-11(12)6-7-16-14/h2-5,14,16H,6-10H2,1H3,(H,18,19). The van der Waals surface area contributed by atoms with Gasteiger partial charge in [0.15, 0.2) is 0 Å². The first kappa shape index (κ1) is 15.5. The molecule has 0 fully saturated rings. The van der Waals surface area contributed by atoms with E-state index in [9.17, 15) is 9.59 Å². The molecule has 1 aromatic carbocycles. The van der Waals surface area contributed by atoms with Crippen molar-refractivity contribution in [2.24, 2.45) is 0 Å². The number of methoxy groups -OCH3 is 1. The van der Waals surface area contributed by atoms with E-state index in [2.05, 4.69) is 5.32 Å². The number of nitrogens with one attached hydrogen (secondary N) is 1. The molecule has 0 aromatic heterocycles. The number of fused-ring (bicyclic) bond motifs is 1. The van der Waals surface area contributed by atoms with Crippen LogP contribution in [0.2, 0.25) is 0 Å². The fraction of sp³-hybridized carbons (Fsp3) is 0.467. The number of hydrogen-bond acceptors (Lipinski definition) is 4. The zero-order valence-electron chi connectivity index (χ0n) is 12.0. The fourth-order valence-corrected chi connectivity index (χ4v) is 2.54. The largest absolute Gasteiger partial charge is 0.480 e. The molecule has 0 radical (unpaired) electrons. The number of carbonyl (C=O) groups is 2. The molecule has 0 aliphatic carbocycles. The maximum atomic E-state index is 12.6. The lowest BCUT2D eigenvalue weighted by Gasteiger charge is -2.30. The Balaban J connectivity index is 2.18. The lowest BCUT2D eigenvalue weighted by molar-refractivity contribution is -0.146. The number of nitrogens with zero attached hydrogens (tertiary/aromatic N) is 1. The Morgan fingerprint density at radius 1 is 1.43 bits per heavy atom. The third-order valence-corrected chi connectivity index (χ3v) is 3.56. The molecule has 6 heteroatoms. The molecule has 1 atom stereocenters. The second kappa shape index (κ2) is 7.19. The van der Waals surface area contributed by atoms with Gasteiger partial charge in [0.25, 0.3) is 0 Å². The van der Waals surface area contributed by atoms with Crippen LogP contribution in [0, 0.1) is 0 Å². The van der Waals surface area contributed by atoms with E-state index in [4.69, 9.17) is 9.84 Å². The monoisotopic (exact) mass is 292 g/mol. The second-order valence-corrected chi connectivity index (χ2v) is 4.98. The first-order chi connectivity index (χ1) is 10.1. The first-order valence-corrected chi connectivity index (χ1v) is 6.94. The van der Waals surface area contributed by atoms with Crippen molar-refractivity contribution >= 4 is 11.9 Å². The van der Waals surface area contributed by atoms with Gasteiger partial charge in [0.2, 0.25) is 5.91 Å². The van der Waals surface area contributed by atoms with E-state index in [1.54, 1.807) is 0 Å². The van der Waals surface area contributed by atoms with Crippen molar-refractivity contribution in [2.75, 3.05) is 33.4 Å². The molecule has 2 N–H and O–H groups in total. The van der Waals surface area contributed by atoms with E-state index in [1.807, 2.05) is 24.3 Å². The van der Waals surface area contributed by atoms with Crippen molar-refractivity contribution in [2.45, 2.75) is 12.5 Å². The number of amides is 1. The lowest BCUT2D eigenvalue weighted by Crippen LogP contribution is -2.46. The van der Waals surface area contributed by atoms with Crippen LogP contribution in [0.5, 0.6) is 0 Å². The van der Waals surface area contributed by atoms with Crippen molar-refractivity contribution in [1.29, 1.82) is 0 Å². The van der Waals surface area contributed by atoms with Gasteiger partial charge in [0, 0.05) is 20.2 Å². The molecule has 1 aromatic rings. The van der Waals surface area contributed by atoms with Gasteiger partial charge in [-0.15, -0.1) is 0 Å². The predicted octanol–water partition coefficient (Wildman–Crippen LogP) is 0.433. The summed E-state index contributed by atoms with van der Waals surface area (Å²) in [4.78, 5) is 24.9. The van der Waals surface area contributed by atoms with E-state index in [0.29, 0.717) is 13.2 Å². The van der Waals surface area contributed by atoms with Crippen LogP contribution in [-0.2, 0) is 20.7 Å². The van der Waals surface area contributed by atoms with E-state index in [0.717, 1.165) is 17.5 Å². The molecule has 1 aliphatic rings. The fourth-order valence-electron chi connectivity index (χ4n) is 2.54. The summed E-state index contributed by atoms with van der Waals surface area (Å²) in [5, 5.41) is 12.2. The molecule has 1 amide bonds. The van der Waals surface area contributed by atoms with Crippen molar-refractivity contribution in [3.8, 4) is 0 Å². The molecule has 21 heavy (non-hydrogen) atoms. The summed E-state index contributed by atoms with van der Waals surface area (Å²) in [6.07, 6.45) is 0.872. The Labute approximate surface area is 123 Å². The summed E-state index contributed by atoms with van der Waals surface area (Å²) in [5.74, 6) is -1.25. The Kier molecular flexibility index (Phi) is 5.30. The molecule has 0 spiro atoms. The number of ether oxygens (including phenoxy) is 1. The van der Waals surface area contributed by atoms with Gasteiger partial charge in [0.1, 0.15) is 12.6 Å². The van der Waals surface area contributed by atoms with E-state index < -0.39 is 12.0 Å². The number of carbonyl (C=O) groups excluding carboxylic acids is 1. The van der Waals surface area contributed by atoms with Gasteiger partial charge in [-0.2, -0.15) is 0 Å². The molecule has 1 aliphatic heterocycles. The number of aliphatic carboxylic acids is 1. The molecular formula is C15H20N2O4. The molecule has 6 nitrogen and oxygen atoms in total. The van der Waals surface area contributed by atoms with Crippen molar-refractivity contribution in [3.63, 3.8) is 0 Å². The Bertz CT molecular complexity index is 518. The summed E-state index contributed by atoms with van der Waals surface area (Å²) >= 11 is 0. The van der Waals surface area contributed by atoms with Crippen LogP contribution in [-0.4, -0.2) is 55.2 Å². The van der Waals surface area contributed by atoms with Gasteiger partial charge >= 0.3 is 5.97 Å². The molecular weight excluding hydrogens is 272 g/mol. The molecule has 0 saturated carbocycles. The van der Waals surface area contributed by atoms with Crippen LogP contribution in [0.1, 0.15) is 17.2 Å². The average molecular weight is 292 g/mol. The Morgan fingerprint density at radius 3 is 2.90 bits per heavy atom. The smallest absolute Gasteiger partial charge is 0.323 e. The van der Waals surface area contributed by atoms with E-state index in [-0.39, 0.29) is 19.0 Å². The van der Waals surface area contributed by atoms with Crippen LogP contribution < -0.4 is 5.32 Å². The topological polar surface area (TPSA) is 78.9 Å². The molecule has 1 heterocycles. The average Bonchev–Trinajstić information content (AvgIpc) is 2.50. The van der Waals surface area contributed by atoms with Gasteiger partial charge < -0.3 is 20.1 Å². The van der Waals surface area contributed by atoms with Crippen LogP contribution >= 0.6 is 0 Å². The highest BCUT2D eigenvalue weighted by Crippen LogP contribution is 2.24. The molecule has 0 bridgehead atoms. The highest BCUT2D eigenvalue weighted by Gasteiger charge is 2.30. The number of benzene rings is 1. The van der Waals surface area contributed by atoms with Gasteiger partial charge in [-0.1, -0.05) is 24.3 Å². The van der Waals surface area contributed by atoms with Crippen LogP contribution in [0.15, 0.2) is 24.3 Å². The second-order valence-electron chi connectivity index (χ2n) is 4.98. The van der Waals surface area contributed by atoms with Crippen molar-refractivity contribution in [1.82, 2.24) is 10.2 Å². The summed E-state index contributed by atoms with van der Waals surface area (Å²) in [5.41, 5.74) is 2.07. The van der Waals surface area contributed by atoms with Gasteiger partial charge in [-0.05, 0) is 17.5 Å². The van der Waals surface area contributed by atoms with Crippen molar-refractivity contribution < 1.29 is 19.4 Å². The Hall–Kier alpha value is -1.92. The van der Waals surface area contributed by atoms with Crippen LogP contribution in [0.25, 0.3) is 0 Å². The minimum Gasteiger partial charge on any atom is -0.480 e. The maximum absolute atomic E-state index is 12.6. The number of rotatable bonds is 6. The third-order valence-electron chi connectivity index (χ3n) is 3.56. The predicted molar refractivity (Wildman–Crippen MR) is 77.0 cm³/mol. The van der Waals surface area contributed by atoms with Gasteiger partial charge in [-0.25, -0.2) is 0 Å². The van der Waals surface area contributed by atoms with E-state index >= 15 is 0 Å². The zero-order valence-corrected chi connectivity index (χ0v) is 12.0. The minimum absolute atomic E-state index is 0.221. The van der Waals surface area contributed by atoms with Crippen LogP contribution in [0.3, 0.4) is 0 Å². The quantitative estimate of drug-likeness (QED) is 0.795. The zero-order chi connectivity index (χ0) is 15.2. The van der Waals surface area contributed by atoms with Gasteiger partial charge in [-0.3, -0.25) is 9.59 Å². The van der Waals surface area contributed by atoms with E-state index in [1.165, 1.54) is 12.0 Å². The van der Waals surface area contributed by atoms with Crippen molar-refractivity contribution in [3.05, 3.63) is 35.4 Å². The Morgan fingerprint density at radius 2 is 2.19 bits per heavy atom. The SMILES string of the molecule is COCCN(CC(=O)O)C(=O)C1NCCc2ccccc21.